The van der Waals surface area contributed by atoms with Crippen LogP contribution in [-0.4, -0.2) is 22.9 Å². The minimum absolute atomic E-state index is 0.161. The first kappa shape index (κ1) is 17.2. The molecule has 1 aliphatic carbocycles. The smallest absolute Gasteiger partial charge is 0.105 e. The summed E-state index contributed by atoms with van der Waals surface area (Å²) in [5, 5.41) is 3.47. The molecule has 0 aromatic rings. The molecule has 0 saturated carbocycles. The zero-order chi connectivity index (χ0) is 16.9. The van der Waals surface area contributed by atoms with E-state index in [1.54, 1.807) is 0 Å². The number of rotatable bonds is 4. The van der Waals surface area contributed by atoms with Crippen LogP contribution in [0.2, 0.25) is 0 Å². The second kappa shape index (κ2) is 7.93. The third kappa shape index (κ3) is 4.23. The molecule has 0 radical (unpaired) electrons. The lowest BCUT2D eigenvalue weighted by Gasteiger charge is -2.28. The maximum atomic E-state index is 4.94. The van der Waals surface area contributed by atoms with Crippen LogP contribution in [-0.2, 0) is 0 Å². The van der Waals surface area contributed by atoms with Crippen LogP contribution in [0.4, 0.5) is 0 Å². The predicted octanol–water partition coefficient (Wildman–Crippen LogP) is 4.85. The zero-order valence-corrected chi connectivity index (χ0v) is 15.8. The number of alkyl halides is 1. The predicted molar refractivity (Wildman–Crippen MR) is 107 cm³/mol. The lowest BCUT2D eigenvalue weighted by Crippen LogP contribution is -2.33. The fourth-order valence-electron chi connectivity index (χ4n) is 3.01. The van der Waals surface area contributed by atoms with Gasteiger partial charge in [0.15, 0.2) is 0 Å². The number of hydrogen-bond donors (Lipinski definition) is 1. The van der Waals surface area contributed by atoms with Gasteiger partial charge in [0.25, 0.3) is 0 Å². The molecule has 126 valence electrons. The Labute approximate surface area is 152 Å². The first-order valence-corrected chi connectivity index (χ1v) is 9.47. The van der Waals surface area contributed by atoms with Crippen LogP contribution in [0.5, 0.6) is 0 Å². The highest BCUT2D eigenvalue weighted by molar-refractivity contribution is 9.09. The number of aliphatic imine (C=N–C) groups is 2. The van der Waals surface area contributed by atoms with Crippen molar-refractivity contribution in [2.45, 2.75) is 44.0 Å². The molecule has 3 unspecified atom stereocenters. The fourth-order valence-corrected chi connectivity index (χ4v) is 3.43. The Balaban J connectivity index is 1.86. The maximum absolute atomic E-state index is 4.94. The number of nitrogens with zero attached hydrogens (tertiary/aromatic N) is 2. The van der Waals surface area contributed by atoms with Gasteiger partial charge in [-0.1, -0.05) is 51.9 Å². The van der Waals surface area contributed by atoms with E-state index in [4.69, 9.17) is 4.99 Å². The van der Waals surface area contributed by atoms with Crippen LogP contribution in [0, 0.1) is 5.92 Å². The second-order valence-electron chi connectivity index (χ2n) is 6.37. The molecule has 0 spiro atoms. The number of hydrogen-bond acceptors (Lipinski definition) is 3. The summed E-state index contributed by atoms with van der Waals surface area (Å²) in [6.07, 6.45) is 20.2. The summed E-state index contributed by atoms with van der Waals surface area (Å²) in [5.74, 6) is 1.43. The summed E-state index contributed by atoms with van der Waals surface area (Å²) in [6.45, 7) is 4.19. The standard InChI is InChI=1S/C20H24BrN3/c1-3-4-5-20-23-17(15-8-6-14(2)7-9-15)13-19(24-20)18-12-16(21)10-11-22-18/h3-4,6-8,11-13,15-17H,5,9-10H2,1-2H3,(H,23,24)/b4-3-. The van der Waals surface area contributed by atoms with Crippen LogP contribution in [0.3, 0.4) is 0 Å². The van der Waals surface area contributed by atoms with E-state index >= 15 is 0 Å². The van der Waals surface area contributed by atoms with E-state index in [9.17, 15) is 0 Å². The molecule has 3 atom stereocenters. The first-order chi connectivity index (χ1) is 11.7. The Bertz CT molecular complexity index is 692. The minimum atomic E-state index is 0.161. The lowest BCUT2D eigenvalue weighted by atomic mass is 9.89. The van der Waals surface area contributed by atoms with Crippen molar-refractivity contribution in [2.24, 2.45) is 15.9 Å². The summed E-state index contributed by atoms with van der Waals surface area (Å²) in [6, 6.07) is 0.161. The molecule has 4 heteroatoms. The van der Waals surface area contributed by atoms with Gasteiger partial charge in [-0.15, -0.1) is 0 Å². The molecule has 2 aliphatic heterocycles. The Kier molecular flexibility index (Phi) is 5.67. The topological polar surface area (TPSA) is 36.8 Å². The summed E-state index contributed by atoms with van der Waals surface area (Å²) in [4.78, 5) is 9.87. The molecule has 3 aliphatic rings. The molecule has 0 bridgehead atoms. The van der Waals surface area contributed by atoms with E-state index < -0.39 is 0 Å². The molecule has 0 aromatic carbocycles. The Morgan fingerprint density at radius 1 is 1.33 bits per heavy atom. The Hall–Kier alpha value is -1.68. The van der Waals surface area contributed by atoms with Gasteiger partial charge < -0.3 is 5.32 Å². The van der Waals surface area contributed by atoms with Crippen LogP contribution in [0.25, 0.3) is 0 Å². The third-order valence-electron chi connectivity index (χ3n) is 4.40. The van der Waals surface area contributed by atoms with Crippen LogP contribution < -0.4 is 5.32 Å². The van der Waals surface area contributed by atoms with Crippen molar-refractivity contribution in [3.63, 3.8) is 0 Å². The molecule has 0 aromatic heterocycles. The van der Waals surface area contributed by atoms with Gasteiger partial charge in [0.05, 0.1) is 17.4 Å². The van der Waals surface area contributed by atoms with Gasteiger partial charge in [0, 0.05) is 23.4 Å². The van der Waals surface area contributed by atoms with Gasteiger partial charge in [-0.2, -0.15) is 0 Å². The molecule has 0 amide bonds. The van der Waals surface area contributed by atoms with Gasteiger partial charge in [0.2, 0.25) is 0 Å². The quantitative estimate of drug-likeness (QED) is 0.544. The Morgan fingerprint density at radius 3 is 2.92 bits per heavy atom. The average Bonchev–Trinajstić information content (AvgIpc) is 2.60. The van der Waals surface area contributed by atoms with Crippen molar-refractivity contribution in [3.8, 4) is 0 Å². The largest absolute Gasteiger partial charge is 0.342 e. The molecular formula is C20H24BrN3. The van der Waals surface area contributed by atoms with Crippen LogP contribution >= 0.6 is 15.9 Å². The summed E-state index contributed by atoms with van der Waals surface area (Å²) in [5.41, 5.74) is 3.42. The highest BCUT2D eigenvalue weighted by Gasteiger charge is 2.24. The van der Waals surface area contributed by atoms with Gasteiger partial charge in [-0.3, -0.25) is 9.98 Å². The van der Waals surface area contributed by atoms with Gasteiger partial charge >= 0.3 is 0 Å². The van der Waals surface area contributed by atoms with E-state index in [2.05, 4.69) is 75.7 Å². The van der Waals surface area contributed by atoms with Gasteiger partial charge in [-0.05, 0) is 38.8 Å². The molecule has 3 nitrogen and oxygen atoms in total. The SMILES string of the molecule is C/C=C\CC1=NC(C2C=CC(C)=CC2)C=C(C2=CC(Br)CC=N2)N1. The number of amidine groups is 1. The van der Waals surface area contributed by atoms with E-state index in [-0.39, 0.29) is 6.04 Å². The van der Waals surface area contributed by atoms with Gasteiger partial charge in [-0.25, -0.2) is 0 Å². The summed E-state index contributed by atoms with van der Waals surface area (Å²) in [7, 11) is 0. The number of nitrogens with one attached hydrogen (secondary N) is 1. The van der Waals surface area contributed by atoms with Crippen LogP contribution in [0.15, 0.2) is 69.5 Å². The highest BCUT2D eigenvalue weighted by Crippen LogP contribution is 2.28. The van der Waals surface area contributed by atoms with E-state index in [1.165, 1.54) is 5.57 Å². The third-order valence-corrected chi connectivity index (χ3v) is 5.04. The fraction of sp³-hybridized carbons (Fsp3) is 0.400. The maximum Gasteiger partial charge on any atom is 0.105 e. The van der Waals surface area contributed by atoms with Crippen molar-refractivity contribution in [1.29, 1.82) is 0 Å². The normalized spacial score (nSPS) is 29.7. The molecular weight excluding hydrogens is 362 g/mol. The minimum Gasteiger partial charge on any atom is -0.342 e. The zero-order valence-electron chi connectivity index (χ0n) is 14.2. The van der Waals surface area contributed by atoms with Crippen molar-refractivity contribution in [3.05, 3.63) is 59.5 Å². The molecule has 0 fully saturated rings. The Morgan fingerprint density at radius 2 is 2.21 bits per heavy atom. The lowest BCUT2D eigenvalue weighted by molar-refractivity contribution is 0.567. The summed E-state index contributed by atoms with van der Waals surface area (Å²) < 4.78 is 0. The first-order valence-electron chi connectivity index (χ1n) is 8.56. The average molecular weight is 386 g/mol. The van der Waals surface area contributed by atoms with Crippen LogP contribution in [0.1, 0.15) is 33.1 Å². The number of halogens is 1. The highest BCUT2D eigenvalue weighted by atomic mass is 79.9. The van der Waals surface area contributed by atoms with Gasteiger partial charge in [0.1, 0.15) is 5.84 Å². The molecule has 24 heavy (non-hydrogen) atoms. The van der Waals surface area contributed by atoms with E-state index in [0.717, 1.165) is 36.5 Å². The van der Waals surface area contributed by atoms with E-state index in [0.29, 0.717) is 10.7 Å². The van der Waals surface area contributed by atoms with E-state index in [1.807, 2.05) is 13.1 Å². The van der Waals surface area contributed by atoms with Crippen molar-refractivity contribution in [2.75, 3.05) is 0 Å². The summed E-state index contributed by atoms with van der Waals surface area (Å²) >= 11 is 3.67. The molecule has 0 saturated heterocycles. The monoisotopic (exact) mass is 385 g/mol. The van der Waals surface area contributed by atoms with Crippen molar-refractivity contribution < 1.29 is 0 Å². The molecule has 3 rings (SSSR count). The molecule has 1 N–H and O–H groups in total. The molecule has 2 heterocycles. The number of allylic oxidation sites excluding steroid dienone is 5. The second-order valence-corrected chi connectivity index (χ2v) is 7.54. The van der Waals surface area contributed by atoms with Crippen molar-refractivity contribution >= 4 is 28.0 Å². The van der Waals surface area contributed by atoms with Crippen molar-refractivity contribution in [1.82, 2.24) is 5.32 Å².